The Hall–Kier alpha value is -2.19. The van der Waals surface area contributed by atoms with E-state index in [1.54, 1.807) is 0 Å². The average Bonchev–Trinajstić information content (AvgIpc) is 2.34. The highest BCUT2D eigenvalue weighted by Gasteiger charge is 2.22. The van der Waals surface area contributed by atoms with Crippen molar-refractivity contribution in [3.8, 4) is 0 Å². The van der Waals surface area contributed by atoms with Crippen molar-refractivity contribution in [1.29, 1.82) is 0 Å². The largest absolute Gasteiger partial charge is 0.479 e. The Kier molecular flexibility index (Phi) is 4.79. The van der Waals surface area contributed by atoms with Crippen molar-refractivity contribution >= 4 is 29.2 Å². The van der Waals surface area contributed by atoms with Gasteiger partial charge in [-0.25, -0.2) is 4.79 Å². The van der Waals surface area contributed by atoms with Gasteiger partial charge in [0.15, 0.2) is 6.10 Å². The molecule has 0 spiro atoms. The number of nitro groups is 1. The second-order valence-electron chi connectivity index (χ2n) is 3.48. The van der Waals surface area contributed by atoms with Crippen LogP contribution in [0.3, 0.4) is 0 Å². The number of amides is 1. The Morgan fingerprint density at radius 2 is 2.11 bits per heavy atom. The van der Waals surface area contributed by atoms with E-state index >= 15 is 0 Å². The second-order valence-corrected chi connectivity index (χ2v) is 3.92. The molecule has 0 aliphatic rings. The lowest BCUT2D eigenvalue weighted by molar-refractivity contribution is -0.385. The van der Waals surface area contributed by atoms with E-state index in [9.17, 15) is 19.7 Å². The second kappa shape index (κ2) is 6.12. The van der Waals surface area contributed by atoms with Crippen molar-refractivity contribution in [3.63, 3.8) is 0 Å². The fourth-order valence-electron chi connectivity index (χ4n) is 1.22. The van der Waals surface area contributed by atoms with Crippen LogP contribution in [0.1, 0.15) is 10.4 Å². The number of carboxylic acid groups (broad SMARTS) is 1. The van der Waals surface area contributed by atoms with Crippen molar-refractivity contribution in [2.45, 2.75) is 6.10 Å². The van der Waals surface area contributed by atoms with E-state index in [4.69, 9.17) is 21.8 Å². The molecule has 0 saturated heterocycles. The first kappa shape index (κ1) is 14.9. The molecule has 1 aromatic rings. The lowest BCUT2D eigenvalue weighted by Gasteiger charge is -2.08. The first-order valence-corrected chi connectivity index (χ1v) is 5.33. The number of rotatable bonds is 5. The maximum atomic E-state index is 11.7. The predicted octanol–water partition coefficient (Wildman–Crippen LogP) is 0.423. The predicted molar refractivity (Wildman–Crippen MR) is 64.1 cm³/mol. The number of halogens is 1. The van der Waals surface area contributed by atoms with E-state index in [0.717, 1.165) is 12.1 Å². The van der Waals surface area contributed by atoms with Gasteiger partial charge in [0.2, 0.25) is 0 Å². The van der Waals surface area contributed by atoms with Crippen molar-refractivity contribution in [1.82, 2.24) is 5.32 Å². The van der Waals surface area contributed by atoms with E-state index in [0.29, 0.717) is 0 Å². The molecule has 0 aliphatic carbocycles. The van der Waals surface area contributed by atoms with Gasteiger partial charge >= 0.3 is 5.97 Å². The number of nitrogens with one attached hydrogen (secondary N) is 1. The van der Waals surface area contributed by atoms with Crippen molar-refractivity contribution in [2.24, 2.45) is 0 Å². The van der Waals surface area contributed by atoms with Gasteiger partial charge in [-0.1, -0.05) is 11.6 Å². The van der Waals surface area contributed by atoms with E-state index in [2.05, 4.69) is 5.32 Å². The SMILES string of the molecule is O=C(NC[C@H](O)C(=O)O)c1cc(Cl)ccc1[N+](=O)[O-]. The number of carbonyl (C=O) groups excluding carboxylic acids is 1. The van der Waals surface area contributed by atoms with Crippen LogP contribution in [0.2, 0.25) is 5.02 Å². The molecule has 0 unspecified atom stereocenters. The lowest BCUT2D eigenvalue weighted by Crippen LogP contribution is -2.36. The summed E-state index contributed by atoms with van der Waals surface area (Å²) < 4.78 is 0. The summed E-state index contributed by atoms with van der Waals surface area (Å²) in [5.41, 5.74) is -0.776. The van der Waals surface area contributed by atoms with Crippen LogP contribution in [-0.2, 0) is 4.79 Å². The van der Waals surface area contributed by atoms with Crippen LogP contribution < -0.4 is 5.32 Å². The van der Waals surface area contributed by atoms with E-state index < -0.39 is 35.1 Å². The van der Waals surface area contributed by atoms with Crippen LogP contribution in [0.5, 0.6) is 0 Å². The monoisotopic (exact) mass is 288 g/mol. The van der Waals surface area contributed by atoms with Gasteiger partial charge in [0.25, 0.3) is 11.6 Å². The number of nitro benzene ring substituents is 1. The number of aliphatic carboxylic acids is 1. The van der Waals surface area contributed by atoms with Crippen LogP contribution in [-0.4, -0.2) is 39.7 Å². The first-order valence-electron chi connectivity index (χ1n) is 4.96. The Morgan fingerprint density at radius 1 is 1.47 bits per heavy atom. The van der Waals surface area contributed by atoms with Gasteiger partial charge in [-0.05, 0) is 12.1 Å². The molecular formula is C10H9ClN2O6. The van der Waals surface area contributed by atoms with Crippen LogP contribution in [0, 0.1) is 10.1 Å². The number of benzene rings is 1. The van der Waals surface area contributed by atoms with E-state index in [-0.39, 0.29) is 10.6 Å². The molecule has 3 N–H and O–H groups in total. The Morgan fingerprint density at radius 3 is 2.63 bits per heavy atom. The summed E-state index contributed by atoms with van der Waals surface area (Å²) in [6, 6.07) is 3.40. The van der Waals surface area contributed by atoms with Crippen molar-refractivity contribution in [2.75, 3.05) is 6.54 Å². The Balaban J connectivity index is 2.90. The minimum absolute atomic E-state index is 0.120. The molecule has 1 rings (SSSR count). The number of hydrogen-bond acceptors (Lipinski definition) is 5. The molecule has 0 heterocycles. The standard InChI is InChI=1S/C10H9ClN2O6/c11-5-1-2-7(13(18)19)6(3-5)9(15)12-4-8(14)10(16)17/h1-3,8,14H,4H2,(H,12,15)(H,16,17)/t8-/m0/s1. The quantitative estimate of drug-likeness (QED) is 0.532. The molecule has 0 bridgehead atoms. The Bertz CT molecular complexity index is 533. The number of hydrogen-bond donors (Lipinski definition) is 3. The van der Waals surface area contributed by atoms with Gasteiger partial charge in [-0.3, -0.25) is 14.9 Å². The molecule has 1 amide bonds. The maximum Gasteiger partial charge on any atom is 0.334 e. The van der Waals surface area contributed by atoms with E-state index in [1.165, 1.54) is 6.07 Å². The third-order valence-electron chi connectivity index (χ3n) is 2.14. The van der Waals surface area contributed by atoms with E-state index in [1.807, 2.05) is 0 Å². The highest BCUT2D eigenvalue weighted by Crippen LogP contribution is 2.22. The third-order valence-corrected chi connectivity index (χ3v) is 2.38. The zero-order valence-electron chi connectivity index (χ0n) is 9.37. The number of aliphatic hydroxyl groups is 1. The maximum absolute atomic E-state index is 11.7. The highest BCUT2D eigenvalue weighted by atomic mass is 35.5. The molecule has 1 atom stereocenters. The van der Waals surface area contributed by atoms with Crippen LogP contribution >= 0.6 is 11.6 Å². The summed E-state index contributed by atoms with van der Waals surface area (Å²) in [6.07, 6.45) is -1.79. The van der Waals surface area contributed by atoms with Gasteiger partial charge in [-0.2, -0.15) is 0 Å². The van der Waals surface area contributed by atoms with Crippen LogP contribution in [0.25, 0.3) is 0 Å². The highest BCUT2D eigenvalue weighted by molar-refractivity contribution is 6.31. The van der Waals surface area contributed by atoms with Gasteiger partial charge in [0, 0.05) is 11.1 Å². The first-order chi connectivity index (χ1) is 8.82. The summed E-state index contributed by atoms with van der Waals surface area (Å²) in [6.45, 7) is -0.572. The van der Waals surface area contributed by atoms with Gasteiger partial charge in [0.05, 0.1) is 11.5 Å². The van der Waals surface area contributed by atoms with Crippen LogP contribution in [0.4, 0.5) is 5.69 Å². The summed E-state index contributed by atoms with van der Waals surface area (Å²) in [4.78, 5) is 32.0. The average molecular weight is 289 g/mol. The smallest absolute Gasteiger partial charge is 0.334 e. The summed E-state index contributed by atoms with van der Waals surface area (Å²) in [7, 11) is 0. The normalized spacial score (nSPS) is 11.7. The van der Waals surface area contributed by atoms with Gasteiger partial charge < -0.3 is 15.5 Å². The van der Waals surface area contributed by atoms with Gasteiger partial charge in [-0.15, -0.1) is 0 Å². The fourth-order valence-corrected chi connectivity index (χ4v) is 1.39. The molecule has 9 heteroatoms. The number of aliphatic hydroxyl groups excluding tert-OH is 1. The molecule has 19 heavy (non-hydrogen) atoms. The number of carbonyl (C=O) groups is 2. The zero-order chi connectivity index (χ0) is 14.6. The molecule has 1 aromatic carbocycles. The minimum Gasteiger partial charge on any atom is -0.479 e. The molecule has 0 saturated carbocycles. The molecular weight excluding hydrogens is 280 g/mol. The minimum atomic E-state index is -1.79. The molecule has 8 nitrogen and oxygen atoms in total. The molecule has 0 aliphatic heterocycles. The summed E-state index contributed by atoms with van der Waals surface area (Å²) >= 11 is 5.63. The fraction of sp³-hybridized carbons (Fsp3) is 0.200. The number of carboxylic acids is 1. The summed E-state index contributed by atoms with van der Waals surface area (Å²) in [5.74, 6) is -2.41. The molecule has 0 fully saturated rings. The van der Waals surface area contributed by atoms with Crippen molar-refractivity contribution in [3.05, 3.63) is 38.9 Å². The van der Waals surface area contributed by atoms with Gasteiger partial charge in [0.1, 0.15) is 5.56 Å². The molecule has 0 radical (unpaired) electrons. The third kappa shape index (κ3) is 3.90. The Labute approximate surface area is 111 Å². The van der Waals surface area contributed by atoms with Crippen molar-refractivity contribution < 1.29 is 24.7 Å². The molecule has 102 valence electrons. The summed E-state index contributed by atoms with van der Waals surface area (Å²) in [5, 5.41) is 30.3. The zero-order valence-corrected chi connectivity index (χ0v) is 10.1. The molecule has 0 aromatic heterocycles. The topological polar surface area (TPSA) is 130 Å². The van der Waals surface area contributed by atoms with Crippen LogP contribution in [0.15, 0.2) is 18.2 Å². The number of nitrogens with zero attached hydrogens (tertiary/aromatic N) is 1. The lowest BCUT2D eigenvalue weighted by atomic mass is 10.1.